The lowest BCUT2D eigenvalue weighted by atomic mass is 10.1. The third kappa shape index (κ3) is 2.60. The van der Waals surface area contributed by atoms with Crippen LogP contribution in [-0.2, 0) is 6.54 Å². The number of hydrogen-bond acceptors (Lipinski definition) is 3. The van der Waals surface area contributed by atoms with Crippen LogP contribution in [0.2, 0.25) is 0 Å². The molecule has 0 radical (unpaired) electrons. The van der Waals surface area contributed by atoms with Gasteiger partial charge in [0.25, 0.3) is 0 Å². The number of nitrogens with one attached hydrogen (secondary N) is 1. The molecule has 0 aromatic heterocycles. The summed E-state index contributed by atoms with van der Waals surface area (Å²) in [6, 6.07) is 10.7. The molecule has 1 aliphatic rings. The summed E-state index contributed by atoms with van der Waals surface area (Å²) in [5.41, 5.74) is 2.02. The lowest BCUT2D eigenvalue weighted by Crippen LogP contribution is -2.29. The van der Waals surface area contributed by atoms with Crippen LogP contribution in [0.5, 0.6) is 0 Å². The van der Waals surface area contributed by atoms with Gasteiger partial charge in [-0.25, -0.2) is 0 Å². The van der Waals surface area contributed by atoms with E-state index in [2.05, 4.69) is 16.3 Å². The number of nitrogens with zero attached hydrogens (tertiary/aromatic N) is 2. The van der Waals surface area contributed by atoms with Crippen LogP contribution in [0.25, 0.3) is 0 Å². The van der Waals surface area contributed by atoms with Gasteiger partial charge in [0.05, 0.1) is 11.6 Å². The zero-order valence-electron chi connectivity index (χ0n) is 9.61. The standard InChI is InChI=1S/C13H17N3/c1-15-13-6-7-16(10-13)9-12-4-2-11(8-14)3-5-12/h2-5,13,15H,6-7,9-10H2,1H3. The van der Waals surface area contributed by atoms with E-state index in [1.54, 1.807) is 0 Å². The first-order chi connectivity index (χ1) is 7.81. The van der Waals surface area contributed by atoms with Crippen LogP contribution in [0.1, 0.15) is 17.5 Å². The fraction of sp³-hybridized carbons (Fsp3) is 0.462. The van der Waals surface area contributed by atoms with E-state index in [1.807, 2.05) is 31.3 Å². The number of nitriles is 1. The van der Waals surface area contributed by atoms with Crippen LogP contribution in [0.15, 0.2) is 24.3 Å². The van der Waals surface area contributed by atoms with Crippen molar-refractivity contribution in [2.75, 3.05) is 20.1 Å². The SMILES string of the molecule is CNC1CCN(Cc2ccc(C#N)cc2)C1. The Morgan fingerprint density at radius 3 is 2.75 bits per heavy atom. The zero-order chi connectivity index (χ0) is 11.4. The molecule has 0 bridgehead atoms. The van der Waals surface area contributed by atoms with Crippen molar-refractivity contribution < 1.29 is 0 Å². The second-order valence-electron chi connectivity index (χ2n) is 4.32. The van der Waals surface area contributed by atoms with Crippen molar-refractivity contribution >= 4 is 0 Å². The first kappa shape index (κ1) is 11.1. The van der Waals surface area contributed by atoms with Crippen LogP contribution < -0.4 is 5.32 Å². The normalized spacial score (nSPS) is 20.9. The van der Waals surface area contributed by atoms with Gasteiger partial charge in [0.1, 0.15) is 0 Å². The molecule has 0 saturated carbocycles. The van der Waals surface area contributed by atoms with Gasteiger partial charge < -0.3 is 5.32 Å². The first-order valence-corrected chi connectivity index (χ1v) is 5.70. The molecule has 84 valence electrons. The molecule has 1 aliphatic heterocycles. The molecule has 1 aromatic carbocycles. The lowest BCUT2D eigenvalue weighted by Gasteiger charge is -2.15. The van der Waals surface area contributed by atoms with Crippen molar-refractivity contribution in [1.82, 2.24) is 10.2 Å². The summed E-state index contributed by atoms with van der Waals surface area (Å²) in [4.78, 5) is 2.45. The maximum atomic E-state index is 8.71. The van der Waals surface area contributed by atoms with E-state index in [9.17, 15) is 0 Å². The van der Waals surface area contributed by atoms with Gasteiger partial charge in [-0.15, -0.1) is 0 Å². The van der Waals surface area contributed by atoms with E-state index in [0.29, 0.717) is 6.04 Å². The minimum atomic E-state index is 0.637. The molecular formula is C13H17N3. The highest BCUT2D eigenvalue weighted by Crippen LogP contribution is 2.13. The number of rotatable bonds is 3. The number of benzene rings is 1. The van der Waals surface area contributed by atoms with Gasteiger partial charge in [-0.3, -0.25) is 4.90 Å². The molecule has 2 rings (SSSR count). The second-order valence-corrected chi connectivity index (χ2v) is 4.32. The smallest absolute Gasteiger partial charge is 0.0991 e. The quantitative estimate of drug-likeness (QED) is 0.827. The third-order valence-corrected chi connectivity index (χ3v) is 3.17. The molecule has 1 atom stereocenters. The van der Waals surface area contributed by atoms with Gasteiger partial charge >= 0.3 is 0 Å². The maximum absolute atomic E-state index is 8.71. The van der Waals surface area contributed by atoms with E-state index in [1.165, 1.54) is 12.0 Å². The topological polar surface area (TPSA) is 39.1 Å². The molecule has 1 N–H and O–H groups in total. The molecular weight excluding hydrogens is 198 g/mol. The van der Waals surface area contributed by atoms with E-state index in [-0.39, 0.29) is 0 Å². The van der Waals surface area contributed by atoms with Crippen molar-refractivity contribution in [3.8, 4) is 6.07 Å². The number of likely N-dealkylation sites (tertiary alicyclic amines) is 1. The molecule has 3 heteroatoms. The lowest BCUT2D eigenvalue weighted by molar-refractivity contribution is 0.322. The molecule has 0 aliphatic carbocycles. The highest BCUT2D eigenvalue weighted by Gasteiger charge is 2.20. The van der Waals surface area contributed by atoms with Gasteiger partial charge in [-0.2, -0.15) is 5.26 Å². The Balaban J connectivity index is 1.92. The first-order valence-electron chi connectivity index (χ1n) is 5.70. The molecule has 0 spiro atoms. The van der Waals surface area contributed by atoms with Crippen molar-refractivity contribution in [1.29, 1.82) is 5.26 Å². The summed E-state index contributed by atoms with van der Waals surface area (Å²) in [5, 5.41) is 12.0. The highest BCUT2D eigenvalue weighted by atomic mass is 15.2. The summed E-state index contributed by atoms with van der Waals surface area (Å²) >= 11 is 0. The van der Waals surface area contributed by atoms with Crippen molar-refractivity contribution in [2.45, 2.75) is 19.0 Å². The molecule has 1 saturated heterocycles. The van der Waals surface area contributed by atoms with Crippen LogP contribution in [0.3, 0.4) is 0 Å². The largest absolute Gasteiger partial charge is 0.316 e. The van der Waals surface area contributed by atoms with Crippen LogP contribution in [0.4, 0.5) is 0 Å². The average Bonchev–Trinajstić information content (AvgIpc) is 2.78. The summed E-state index contributed by atoms with van der Waals surface area (Å²) in [5.74, 6) is 0. The van der Waals surface area contributed by atoms with Crippen LogP contribution >= 0.6 is 0 Å². The molecule has 1 unspecified atom stereocenters. The fourth-order valence-corrected chi connectivity index (χ4v) is 2.15. The van der Waals surface area contributed by atoms with Gasteiger partial charge in [-0.05, 0) is 31.2 Å². The number of hydrogen-bond donors (Lipinski definition) is 1. The molecule has 1 heterocycles. The second kappa shape index (κ2) is 5.11. The Labute approximate surface area is 96.7 Å². The van der Waals surface area contributed by atoms with E-state index < -0.39 is 0 Å². The Hall–Kier alpha value is -1.37. The predicted molar refractivity (Wildman–Crippen MR) is 63.9 cm³/mol. The van der Waals surface area contributed by atoms with Crippen LogP contribution in [-0.4, -0.2) is 31.1 Å². The Morgan fingerprint density at radius 1 is 1.44 bits per heavy atom. The molecule has 3 nitrogen and oxygen atoms in total. The Morgan fingerprint density at radius 2 is 2.19 bits per heavy atom. The molecule has 1 fully saturated rings. The summed E-state index contributed by atoms with van der Waals surface area (Å²) in [7, 11) is 2.02. The van der Waals surface area contributed by atoms with Crippen molar-refractivity contribution in [3.05, 3.63) is 35.4 Å². The zero-order valence-corrected chi connectivity index (χ0v) is 9.61. The summed E-state index contributed by atoms with van der Waals surface area (Å²) < 4.78 is 0. The Kier molecular flexibility index (Phi) is 3.55. The van der Waals surface area contributed by atoms with Crippen molar-refractivity contribution in [2.24, 2.45) is 0 Å². The predicted octanol–water partition coefficient (Wildman–Crippen LogP) is 1.35. The Bertz CT molecular complexity index is 377. The summed E-state index contributed by atoms with van der Waals surface area (Å²) in [6.07, 6.45) is 1.23. The van der Waals surface area contributed by atoms with Gasteiger partial charge in [0.2, 0.25) is 0 Å². The monoisotopic (exact) mass is 215 g/mol. The minimum Gasteiger partial charge on any atom is -0.316 e. The third-order valence-electron chi connectivity index (χ3n) is 3.17. The summed E-state index contributed by atoms with van der Waals surface area (Å²) in [6.45, 7) is 3.27. The molecule has 1 aromatic rings. The van der Waals surface area contributed by atoms with Gasteiger partial charge in [0.15, 0.2) is 0 Å². The minimum absolute atomic E-state index is 0.637. The van der Waals surface area contributed by atoms with E-state index in [4.69, 9.17) is 5.26 Å². The van der Waals surface area contributed by atoms with Gasteiger partial charge in [-0.1, -0.05) is 12.1 Å². The number of likely N-dealkylation sites (N-methyl/N-ethyl adjacent to an activating group) is 1. The maximum Gasteiger partial charge on any atom is 0.0991 e. The van der Waals surface area contributed by atoms with E-state index in [0.717, 1.165) is 25.2 Å². The fourth-order valence-electron chi connectivity index (χ4n) is 2.15. The highest BCUT2D eigenvalue weighted by molar-refractivity contribution is 5.31. The average molecular weight is 215 g/mol. The van der Waals surface area contributed by atoms with Gasteiger partial charge in [0, 0.05) is 25.7 Å². The van der Waals surface area contributed by atoms with Crippen LogP contribution in [0, 0.1) is 11.3 Å². The molecule has 16 heavy (non-hydrogen) atoms. The molecule has 0 amide bonds. The van der Waals surface area contributed by atoms with Crippen molar-refractivity contribution in [3.63, 3.8) is 0 Å². The van der Waals surface area contributed by atoms with E-state index >= 15 is 0 Å².